The van der Waals surface area contributed by atoms with Gasteiger partial charge >= 0.3 is 5.97 Å². The van der Waals surface area contributed by atoms with E-state index in [1.54, 1.807) is 23.0 Å². The highest BCUT2D eigenvalue weighted by Crippen LogP contribution is 2.53. The van der Waals surface area contributed by atoms with Gasteiger partial charge in [0.2, 0.25) is 0 Å². The van der Waals surface area contributed by atoms with E-state index in [4.69, 9.17) is 9.72 Å². The van der Waals surface area contributed by atoms with E-state index in [2.05, 4.69) is 15.0 Å². The van der Waals surface area contributed by atoms with Crippen LogP contribution in [0.2, 0.25) is 0 Å². The van der Waals surface area contributed by atoms with Gasteiger partial charge in [-0.1, -0.05) is 0 Å². The normalized spacial score (nSPS) is 18.8. The number of carbonyl (C=O) groups excluding carboxylic acids is 1. The Labute approximate surface area is 144 Å². The Balaban J connectivity index is 1.63. The van der Waals surface area contributed by atoms with E-state index in [1.807, 2.05) is 6.07 Å². The number of ether oxygens (including phenoxy) is 1. The first-order valence-electron chi connectivity index (χ1n) is 8.66. The van der Waals surface area contributed by atoms with Crippen molar-refractivity contribution in [2.24, 2.45) is 5.41 Å². The fourth-order valence-electron chi connectivity index (χ4n) is 3.85. The van der Waals surface area contributed by atoms with E-state index in [0.29, 0.717) is 11.0 Å². The predicted molar refractivity (Wildman–Crippen MR) is 92.7 cm³/mol. The molecule has 7 nitrogen and oxygen atoms in total. The summed E-state index contributed by atoms with van der Waals surface area (Å²) in [6.45, 7) is 2.00. The number of piperidine rings is 1. The molecule has 0 bridgehead atoms. The Hall–Kier alpha value is -2.70. The zero-order valence-electron chi connectivity index (χ0n) is 14.1. The van der Waals surface area contributed by atoms with Crippen LogP contribution in [0.15, 0.2) is 24.5 Å². The van der Waals surface area contributed by atoms with Crippen molar-refractivity contribution >= 4 is 28.5 Å². The quantitative estimate of drug-likeness (QED) is 0.669. The van der Waals surface area contributed by atoms with E-state index in [1.165, 1.54) is 32.8 Å². The molecule has 0 amide bonds. The second-order valence-corrected chi connectivity index (χ2v) is 7.11. The molecule has 128 valence electrons. The van der Waals surface area contributed by atoms with Crippen LogP contribution in [0, 0.1) is 5.41 Å². The SMILES string of the molecule is COC(=O)c1ccc2c(c1)nc(N1CCC3(CC1)CC3)c1ncnn12. The lowest BCUT2D eigenvalue weighted by Crippen LogP contribution is -2.35. The number of hydrogen-bond acceptors (Lipinski definition) is 6. The molecule has 7 heteroatoms. The van der Waals surface area contributed by atoms with Crippen molar-refractivity contribution < 1.29 is 9.53 Å². The minimum absolute atomic E-state index is 0.363. The van der Waals surface area contributed by atoms with Crippen molar-refractivity contribution in [1.29, 1.82) is 0 Å². The molecule has 0 N–H and O–H groups in total. The van der Waals surface area contributed by atoms with E-state index < -0.39 is 0 Å². The average Bonchev–Trinajstić information content (AvgIpc) is 3.21. The maximum absolute atomic E-state index is 11.8. The highest BCUT2D eigenvalue weighted by molar-refractivity contribution is 5.94. The van der Waals surface area contributed by atoms with Crippen LogP contribution < -0.4 is 4.90 Å². The highest BCUT2D eigenvalue weighted by Gasteiger charge is 2.44. The Morgan fingerprint density at radius 1 is 1.20 bits per heavy atom. The third kappa shape index (κ3) is 2.26. The van der Waals surface area contributed by atoms with Gasteiger partial charge in [0.25, 0.3) is 0 Å². The van der Waals surface area contributed by atoms with Gasteiger partial charge in [0.05, 0.1) is 23.7 Å². The molecule has 1 spiro atoms. The molecule has 2 aliphatic rings. The maximum Gasteiger partial charge on any atom is 0.337 e. The second-order valence-electron chi connectivity index (χ2n) is 7.11. The van der Waals surface area contributed by atoms with Gasteiger partial charge in [0, 0.05) is 13.1 Å². The van der Waals surface area contributed by atoms with Crippen molar-refractivity contribution in [2.45, 2.75) is 25.7 Å². The molecule has 1 aromatic carbocycles. The summed E-state index contributed by atoms with van der Waals surface area (Å²) in [5.41, 5.74) is 3.42. The number of anilines is 1. The van der Waals surface area contributed by atoms with Crippen LogP contribution in [0.1, 0.15) is 36.0 Å². The Morgan fingerprint density at radius 2 is 2.00 bits per heavy atom. The maximum atomic E-state index is 11.8. The molecule has 0 unspecified atom stereocenters. The van der Waals surface area contributed by atoms with Gasteiger partial charge in [0.15, 0.2) is 11.5 Å². The summed E-state index contributed by atoms with van der Waals surface area (Å²) < 4.78 is 6.63. The first kappa shape index (κ1) is 14.6. The molecule has 25 heavy (non-hydrogen) atoms. The Kier molecular flexibility index (Phi) is 3.01. The standard InChI is InChI=1S/C18H19N5O2/c1-25-17(24)12-2-3-14-13(10-12)21-16(15-19-11-20-23(14)15)22-8-6-18(4-5-18)7-9-22/h2-3,10-11H,4-9H2,1H3. The summed E-state index contributed by atoms with van der Waals surface area (Å²) in [5, 5.41) is 4.36. The van der Waals surface area contributed by atoms with Crippen molar-refractivity contribution in [2.75, 3.05) is 25.1 Å². The molecule has 2 fully saturated rings. The molecule has 2 aromatic heterocycles. The molecule has 0 radical (unpaired) electrons. The van der Waals surface area contributed by atoms with Crippen LogP contribution in [0.4, 0.5) is 5.82 Å². The van der Waals surface area contributed by atoms with Crippen molar-refractivity contribution in [1.82, 2.24) is 19.6 Å². The minimum Gasteiger partial charge on any atom is -0.465 e. The number of nitrogens with zero attached hydrogens (tertiary/aromatic N) is 5. The van der Waals surface area contributed by atoms with Gasteiger partial charge in [-0.25, -0.2) is 19.3 Å². The van der Waals surface area contributed by atoms with Crippen LogP contribution in [0.25, 0.3) is 16.7 Å². The Morgan fingerprint density at radius 3 is 2.72 bits per heavy atom. The summed E-state index contributed by atoms with van der Waals surface area (Å²) in [6, 6.07) is 5.34. The molecule has 3 heterocycles. The van der Waals surface area contributed by atoms with E-state index in [0.717, 1.165) is 35.6 Å². The second kappa shape index (κ2) is 5.15. The fourth-order valence-corrected chi connectivity index (χ4v) is 3.85. The number of carbonyl (C=O) groups is 1. The molecule has 1 saturated heterocycles. The first-order valence-corrected chi connectivity index (χ1v) is 8.66. The van der Waals surface area contributed by atoms with Crippen LogP contribution in [-0.2, 0) is 4.74 Å². The number of aromatic nitrogens is 4. The summed E-state index contributed by atoms with van der Waals surface area (Å²) in [5.74, 6) is 0.486. The predicted octanol–water partition coefficient (Wildman–Crippen LogP) is 2.44. The van der Waals surface area contributed by atoms with Crippen molar-refractivity contribution in [3.05, 3.63) is 30.1 Å². The van der Waals surface area contributed by atoms with Crippen LogP contribution in [0.5, 0.6) is 0 Å². The largest absolute Gasteiger partial charge is 0.465 e. The average molecular weight is 337 g/mol. The lowest BCUT2D eigenvalue weighted by atomic mass is 9.94. The van der Waals surface area contributed by atoms with E-state index in [9.17, 15) is 4.79 Å². The molecular formula is C18H19N5O2. The molecule has 1 aliphatic heterocycles. The molecule has 0 atom stereocenters. The zero-order valence-corrected chi connectivity index (χ0v) is 14.1. The van der Waals surface area contributed by atoms with Crippen molar-refractivity contribution in [3.63, 3.8) is 0 Å². The number of esters is 1. The van der Waals surface area contributed by atoms with Crippen LogP contribution >= 0.6 is 0 Å². The molecule has 5 rings (SSSR count). The van der Waals surface area contributed by atoms with Crippen LogP contribution in [0.3, 0.4) is 0 Å². The third-order valence-corrected chi connectivity index (χ3v) is 5.68. The van der Waals surface area contributed by atoms with Gasteiger partial charge in [0.1, 0.15) is 6.33 Å². The van der Waals surface area contributed by atoms with Crippen molar-refractivity contribution in [3.8, 4) is 0 Å². The van der Waals surface area contributed by atoms with Gasteiger partial charge in [-0.2, -0.15) is 5.10 Å². The van der Waals surface area contributed by atoms with E-state index >= 15 is 0 Å². The summed E-state index contributed by atoms with van der Waals surface area (Å²) >= 11 is 0. The number of hydrogen-bond donors (Lipinski definition) is 0. The fraction of sp³-hybridized carbons (Fsp3) is 0.444. The highest BCUT2D eigenvalue weighted by atomic mass is 16.5. The van der Waals surface area contributed by atoms with Gasteiger partial charge < -0.3 is 9.64 Å². The summed E-state index contributed by atoms with van der Waals surface area (Å²) in [6.07, 6.45) is 6.73. The monoisotopic (exact) mass is 337 g/mol. The lowest BCUT2D eigenvalue weighted by Gasteiger charge is -2.33. The van der Waals surface area contributed by atoms with Gasteiger partial charge in [-0.3, -0.25) is 0 Å². The molecular weight excluding hydrogens is 318 g/mol. The molecule has 3 aromatic rings. The Bertz CT molecular complexity index is 982. The topological polar surface area (TPSA) is 72.6 Å². The number of fused-ring (bicyclic) bond motifs is 3. The minimum atomic E-state index is -0.363. The number of benzene rings is 1. The molecule has 1 aliphatic carbocycles. The summed E-state index contributed by atoms with van der Waals surface area (Å²) in [4.78, 5) is 23.4. The smallest absolute Gasteiger partial charge is 0.337 e. The first-order chi connectivity index (χ1) is 12.2. The van der Waals surface area contributed by atoms with Gasteiger partial charge in [-0.15, -0.1) is 0 Å². The number of rotatable bonds is 2. The lowest BCUT2D eigenvalue weighted by molar-refractivity contribution is 0.0601. The summed E-state index contributed by atoms with van der Waals surface area (Å²) in [7, 11) is 1.38. The number of methoxy groups -OCH3 is 1. The van der Waals surface area contributed by atoms with E-state index in [-0.39, 0.29) is 5.97 Å². The van der Waals surface area contributed by atoms with Gasteiger partial charge in [-0.05, 0) is 49.3 Å². The third-order valence-electron chi connectivity index (χ3n) is 5.68. The zero-order chi connectivity index (χ0) is 17.0. The molecule has 1 saturated carbocycles. The van der Waals surface area contributed by atoms with Crippen LogP contribution in [-0.4, -0.2) is 45.8 Å².